The first-order chi connectivity index (χ1) is 7.13. The van der Waals surface area contributed by atoms with Gasteiger partial charge in [-0.05, 0) is 31.1 Å². The van der Waals surface area contributed by atoms with Crippen LogP contribution >= 0.6 is 15.9 Å². The molecular weight excluding hydrogens is 254 g/mol. The predicted molar refractivity (Wildman–Crippen MR) is 67.1 cm³/mol. The molecule has 1 aliphatic carbocycles. The Kier molecular flexibility index (Phi) is 5.65. The largest absolute Gasteiger partial charge is 0.355 e. The molecule has 1 N–H and O–H groups in total. The second-order valence-electron chi connectivity index (χ2n) is 4.75. The molecule has 0 heterocycles. The second-order valence-corrected chi connectivity index (χ2v) is 5.85. The molecule has 1 unspecified atom stereocenters. The molecule has 88 valence electrons. The molecule has 0 aliphatic heterocycles. The number of carbonyl (C=O) groups excluding carboxylic acids is 1. The second kappa shape index (κ2) is 6.51. The Morgan fingerprint density at radius 2 is 2.00 bits per heavy atom. The summed E-state index contributed by atoms with van der Waals surface area (Å²) >= 11 is 3.36. The van der Waals surface area contributed by atoms with Crippen molar-refractivity contribution in [1.29, 1.82) is 0 Å². The molecule has 0 aromatic rings. The van der Waals surface area contributed by atoms with Crippen LogP contribution in [0.5, 0.6) is 0 Å². The van der Waals surface area contributed by atoms with Gasteiger partial charge in [0.2, 0.25) is 5.91 Å². The molecule has 0 saturated heterocycles. The summed E-state index contributed by atoms with van der Waals surface area (Å²) in [6.45, 7) is 5.20. The van der Waals surface area contributed by atoms with Crippen LogP contribution in [0.1, 0.15) is 46.0 Å². The molecule has 0 aromatic heterocycles. The first kappa shape index (κ1) is 13.0. The highest BCUT2D eigenvalue weighted by Gasteiger charge is 2.19. The van der Waals surface area contributed by atoms with Gasteiger partial charge in [0.15, 0.2) is 0 Å². The fourth-order valence-corrected chi connectivity index (χ4v) is 2.24. The molecule has 1 fully saturated rings. The van der Waals surface area contributed by atoms with E-state index in [1.54, 1.807) is 0 Å². The maximum Gasteiger partial charge on any atom is 0.233 e. The first-order valence-electron chi connectivity index (χ1n) is 6.05. The maximum atomic E-state index is 11.5. The van der Waals surface area contributed by atoms with Crippen LogP contribution in [0.15, 0.2) is 0 Å². The van der Waals surface area contributed by atoms with E-state index in [2.05, 4.69) is 28.2 Å². The van der Waals surface area contributed by atoms with Crippen molar-refractivity contribution in [2.24, 2.45) is 11.8 Å². The van der Waals surface area contributed by atoms with E-state index < -0.39 is 0 Å². The first-order valence-corrected chi connectivity index (χ1v) is 6.96. The molecule has 1 amide bonds. The fraction of sp³-hybridized carbons (Fsp3) is 0.917. The van der Waals surface area contributed by atoms with Crippen LogP contribution in [0.4, 0.5) is 0 Å². The summed E-state index contributed by atoms with van der Waals surface area (Å²) in [4.78, 5) is 11.5. The SMILES string of the molecule is CCC(Br)C(=O)NCC1CCC(C)CC1. The van der Waals surface area contributed by atoms with Gasteiger partial charge in [-0.25, -0.2) is 0 Å². The van der Waals surface area contributed by atoms with Gasteiger partial charge < -0.3 is 5.32 Å². The van der Waals surface area contributed by atoms with Crippen LogP contribution in [-0.4, -0.2) is 17.3 Å². The minimum absolute atomic E-state index is 0.0139. The molecule has 15 heavy (non-hydrogen) atoms. The smallest absolute Gasteiger partial charge is 0.233 e. The van der Waals surface area contributed by atoms with Gasteiger partial charge in [-0.3, -0.25) is 4.79 Å². The van der Waals surface area contributed by atoms with Gasteiger partial charge in [0.1, 0.15) is 0 Å². The van der Waals surface area contributed by atoms with Crippen molar-refractivity contribution in [2.75, 3.05) is 6.54 Å². The van der Waals surface area contributed by atoms with E-state index in [9.17, 15) is 4.79 Å². The van der Waals surface area contributed by atoms with E-state index in [-0.39, 0.29) is 10.7 Å². The standard InChI is InChI=1S/C12H22BrNO/c1-3-11(13)12(15)14-8-10-6-4-9(2)5-7-10/h9-11H,3-8H2,1-2H3,(H,14,15). The molecular formula is C12H22BrNO. The average Bonchev–Trinajstić information content (AvgIpc) is 2.26. The van der Waals surface area contributed by atoms with Crippen LogP contribution in [0.3, 0.4) is 0 Å². The highest BCUT2D eigenvalue weighted by atomic mass is 79.9. The number of hydrogen-bond donors (Lipinski definition) is 1. The van der Waals surface area contributed by atoms with Gasteiger partial charge in [0.25, 0.3) is 0 Å². The summed E-state index contributed by atoms with van der Waals surface area (Å²) in [5, 5.41) is 3.03. The predicted octanol–water partition coefficient (Wildman–Crippen LogP) is 3.10. The van der Waals surface area contributed by atoms with E-state index in [0.29, 0.717) is 5.92 Å². The summed E-state index contributed by atoms with van der Waals surface area (Å²) in [6, 6.07) is 0. The Balaban J connectivity index is 2.17. The lowest BCUT2D eigenvalue weighted by Crippen LogP contribution is -2.35. The molecule has 0 radical (unpaired) electrons. The number of amides is 1. The third-order valence-corrected chi connectivity index (χ3v) is 4.41. The van der Waals surface area contributed by atoms with Gasteiger partial charge in [-0.2, -0.15) is 0 Å². The lowest BCUT2D eigenvalue weighted by Gasteiger charge is -2.26. The highest BCUT2D eigenvalue weighted by Crippen LogP contribution is 2.27. The van der Waals surface area contributed by atoms with E-state index in [1.165, 1.54) is 25.7 Å². The van der Waals surface area contributed by atoms with Gasteiger partial charge in [0.05, 0.1) is 4.83 Å². The Bertz CT molecular complexity index is 200. The van der Waals surface area contributed by atoms with Crippen LogP contribution in [-0.2, 0) is 4.79 Å². The number of rotatable bonds is 4. The Morgan fingerprint density at radius 3 is 2.53 bits per heavy atom. The van der Waals surface area contributed by atoms with Crippen LogP contribution in [0.25, 0.3) is 0 Å². The monoisotopic (exact) mass is 275 g/mol. The van der Waals surface area contributed by atoms with E-state index >= 15 is 0 Å². The number of halogens is 1. The minimum atomic E-state index is -0.0139. The van der Waals surface area contributed by atoms with Crippen molar-refractivity contribution < 1.29 is 4.79 Å². The zero-order chi connectivity index (χ0) is 11.3. The van der Waals surface area contributed by atoms with Gasteiger partial charge in [-0.1, -0.05) is 42.6 Å². The summed E-state index contributed by atoms with van der Waals surface area (Å²) < 4.78 is 0. The molecule has 2 nitrogen and oxygen atoms in total. The molecule has 1 rings (SSSR count). The molecule has 3 heteroatoms. The number of nitrogens with one attached hydrogen (secondary N) is 1. The van der Waals surface area contributed by atoms with Crippen molar-refractivity contribution in [3.8, 4) is 0 Å². The third kappa shape index (κ3) is 4.54. The van der Waals surface area contributed by atoms with Gasteiger partial charge in [0, 0.05) is 6.54 Å². The molecule has 0 bridgehead atoms. The van der Waals surface area contributed by atoms with E-state index in [0.717, 1.165) is 18.9 Å². The molecule has 1 saturated carbocycles. The van der Waals surface area contributed by atoms with E-state index in [1.807, 2.05) is 6.92 Å². The highest BCUT2D eigenvalue weighted by molar-refractivity contribution is 9.10. The van der Waals surface area contributed by atoms with Gasteiger partial charge in [-0.15, -0.1) is 0 Å². The van der Waals surface area contributed by atoms with Crippen molar-refractivity contribution in [3.05, 3.63) is 0 Å². The summed E-state index contributed by atoms with van der Waals surface area (Å²) in [7, 11) is 0. The zero-order valence-corrected chi connectivity index (χ0v) is 11.3. The Hall–Kier alpha value is -0.0500. The third-order valence-electron chi connectivity index (χ3n) is 3.34. The van der Waals surface area contributed by atoms with Crippen molar-refractivity contribution in [3.63, 3.8) is 0 Å². The Labute approximate surface area is 101 Å². The quantitative estimate of drug-likeness (QED) is 0.785. The van der Waals surface area contributed by atoms with Crippen molar-refractivity contribution >= 4 is 21.8 Å². The maximum absolute atomic E-state index is 11.5. The number of alkyl halides is 1. The molecule has 1 aliphatic rings. The Morgan fingerprint density at radius 1 is 1.40 bits per heavy atom. The minimum Gasteiger partial charge on any atom is -0.355 e. The van der Waals surface area contributed by atoms with Crippen molar-refractivity contribution in [2.45, 2.75) is 50.8 Å². The topological polar surface area (TPSA) is 29.1 Å². The fourth-order valence-electron chi connectivity index (χ4n) is 2.07. The van der Waals surface area contributed by atoms with Crippen LogP contribution < -0.4 is 5.32 Å². The van der Waals surface area contributed by atoms with Gasteiger partial charge >= 0.3 is 0 Å². The summed E-state index contributed by atoms with van der Waals surface area (Å²) in [6.07, 6.45) is 6.06. The zero-order valence-electron chi connectivity index (χ0n) is 9.76. The summed E-state index contributed by atoms with van der Waals surface area (Å²) in [5.74, 6) is 1.74. The summed E-state index contributed by atoms with van der Waals surface area (Å²) in [5.41, 5.74) is 0. The normalized spacial score (nSPS) is 28.5. The molecule has 0 aromatic carbocycles. The number of hydrogen-bond acceptors (Lipinski definition) is 1. The lowest BCUT2D eigenvalue weighted by atomic mass is 9.83. The van der Waals surface area contributed by atoms with Crippen LogP contribution in [0, 0.1) is 11.8 Å². The van der Waals surface area contributed by atoms with Crippen LogP contribution in [0.2, 0.25) is 0 Å². The lowest BCUT2D eigenvalue weighted by molar-refractivity contribution is -0.120. The van der Waals surface area contributed by atoms with E-state index in [4.69, 9.17) is 0 Å². The molecule has 1 atom stereocenters. The molecule has 0 spiro atoms. The average molecular weight is 276 g/mol. The number of carbonyl (C=O) groups is 1. The van der Waals surface area contributed by atoms with Crippen molar-refractivity contribution in [1.82, 2.24) is 5.32 Å².